The van der Waals surface area contributed by atoms with E-state index in [9.17, 15) is 4.79 Å². The summed E-state index contributed by atoms with van der Waals surface area (Å²) in [7, 11) is 1.48. The van der Waals surface area contributed by atoms with Crippen molar-refractivity contribution in [3.8, 4) is 17.2 Å². The number of hydrogen-bond donors (Lipinski definition) is 0. The number of halogens is 1. The SMILES string of the molecule is COc1c2ccc(C(=O)Cl)c1OCO2. The highest BCUT2D eigenvalue weighted by Gasteiger charge is 2.23. The van der Waals surface area contributed by atoms with Gasteiger partial charge in [0.05, 0.1) is 12.7 Å². The highest BCUT2D eigenvalue weighted by molar-refractivity contribution is 6.68. The number of benzene rings is 1. The molecule has 4 nitrogen and oxygen atoms in total. The van der Waals surface area contributed by atoms with Crippen molar-refractivity contribution in [1.29, 1.82) is 0 Å². The molecule has 0 saturated carbocycles. The molecule has 2 bridgehead atoms. The van der Waals surface area contributed by atoms with Gasteiger partial charge < -0.3 is 14.2 Å². The van der Waals surface area contributed by atoms with E-state index in [0.29, 0.717) is 17.2 Å². The van der Waals surface area contributed by atoms with Crippen LogP contribution in [0.25, 0.3) is 0 Å². The number of carbonyl (C=O) groups is 1. The summed E-state index contributed by atoms with van der Waals surface area (Å²) in [5, 5.41) is -0.577. The molecule has 1 heterocycles. The van der Waals surface area contributed by atoms with Crippen molar-refractivity contribution < 1.29 is 19.0 Å². The number of ether oxygens (including phenoxy) is 3. The van der Waals surface area contributed by atoms with Gasteiger partial charge in [0.1, 0.15) is 0 Å². The van der Waals surface area contributed by atoms with Gasteiger partial charge in [-0.15, -0.1) is 0 Å². The minimum Gasteiger partial charge on any atom is -0.490 e. The van der Waals surface area contributed by atoms with Crippen molar-refractivity contribution in [3.05, 3.63) is 17.7 Å². The third kappa shape index (κ3) is 1.28. The zero-order chi connectivity index (χ0) is 10.1. The number of methoxy groups -OCH3 is 1. The Balaban J connectivity index is 2.62. The van der Waals surface area contributed by atoms with E-state index in [-0.39, 0.29) is 12.4 Å². The number of fused-ring (bicyclic) bond motifs is 2. The molecule has 1 aliphatic heterocycles. The van der Waals surface area contributed by atoms with E-state index in [4.69, 9.17) is 25.8 Å². The van der Waals surface area contributed by atoms with Gasteiger partial charge >= 0.3 is 0 Å². The van der Waals surface area contributed by atoms with Gasteiger partial charge in [-0.2, -0.15) is 0 Å². The van der Waals surface area contributed by atoms with Crippen molar-refractivity contribution in [2.75, 3.05) is 13.9 Å². The molecule has 0 N–H and O–H groups in total. The molecule has 0 aliphatic carbocycles. The predicted molar refractivity (Wildman–Crippen MR) is 49.3 cm³/mol. The van der Waals surface area contributed by atoms with Crippen molar-refractivity contribution in [1.82, 2.24) is 0 Å². The van der Waals surface area contributed by atoms with Crippen LogP contribution in [0.5, 0.6) is 17.2 Å². The number of hydrogen-bond acceptors (Lipinski definition) is 4. The van der Waals surface area contributed by atoms with Crippen LogP contribution in [-0.4, -0.2) is 19.1 Å². The zero-order valence-corrected chi connectivity index (χ0v) is 8.13. The maximum atomic E-state index is 11.0. The fourth-order valence-corrected chi connectivity index (χ4v) is 1.45. The van der Waals surface area contributed by atoms with E-state index in [1.54, 1.807) is 12.1 Å². The zero-order valence-electron chi connectivity index (χ0n) is 7.37. The third-order valence-corrected chi connectivity index (χ3v) is 2.11. The number of rotatable bonds is 2. The van der Waals surface area contributed by atoms with Gasteiger partial charge in [0.25, 0.3) is 5.24 Å². The summed E-state index contributed by atoms with van der Waals surface area (Å²) in [6.45, 7) is 0.0650. The van der Waals surface area contributed by atoms with E-state index in [2.05, 4.69) is 0 Å². The van der Waals surface area contributed by atoms with Gasteiger partial charge in [-0.05, 0) is 23.7 Å². The van der Waals surface area contributed by atoms with Crippen LogP contribution in [0.15, 0.2) is 12.1 Å². The van der Waals surface area contributed by atoms with Gasteiger partial charge in [-0.1, -0.05) is 0 Å². The molecular weight excluding hydrogens is 208 g/mol. The Morgan fingerprint density at radius 1 is 1.50 bits per heavy atom. The van der Waals surface area contributed by atoms with Crippen LogP contribution in [0.2, 0.25) is 0 Å². The van der Waals surface area contributed by atoms with E-state index in [0.717, 1.165) is 0 Å². The molecule has 14 heavy (non-hydrogen) atoms. The lowest BCUT2D eigenvalue weighted by Crippen LogP contribution is -2.15. The van der Waals surface area contributed by atoms with Gasteiger partial charge in [0.2, 0.25) is 12.5 Å². The highest BCUT2D eigenvalue weighted by atomic mass is 35.5. The third-order valence-electron chi connectivity index (χ3n) is 1.91. The normalized spacial score (nSPS) is 12.7. The van der Waals surface area contributed by atoms with E-state index in [1.165, 1.54) is 7.11 Å². The summed E-state index contributed by atoms with van der Waals surface area (Å²) < 4.78 is 15.3. The van der Waals surface area contributed by atoms with E-state index < -0.39 is 5.24 Å². The first-order chi connectivity index (χ1) is 6.74. The quantitative estimate of drug-likeness (QED) is 0.705. The molecule has 0 spiro atoms. The second-order valence-corrected chi connectivity index (χ2v) is 3.00. The van der Waals surface area contributed by atoms with E-state index >= 15 is 0 Å². The fraction of sp³-hybridized carbons (Fsp3) is 0.222. The Hall–Kier alpha value is -1.42. The second kappa shape index (κ2) is 3.38. The van der Waals surface area contributed by atoms with Crippen LogP contribution in [0.4, 0.5) is 0 Å². The topological polar surface area (TPSA) is 44.8 Å². The fourth-order valence-electron chi connectivity index (χ4n) is 1.30. The molecule has 0 fully saturated rings. The van der Waals surface area contributed by atoms with Crippen LogP contribution >= 0.6 is 11.6 Å². The van der Waals surface area contributed by atoms with Crippen molar-refractivity contribution in [2.24, 2.45) is 0 Å². The lowest BCUT2D eigenvalue weighted by atomic mass is 10.2. The summed E-state index contributed by atoms with van der Waals surface area (Å²) in [5.41, 5.74) is 0.288. The van der Waals surface area contributed by atoms with Crippen molar-refractivity contribution in [3.63, 3.8) is 0 Å². The molecule has 0 radical (unpaired) electrons. The smallest absolute Gasteiger partial charge is 0.256 e. The summed E-state index contributed by atoms with van der Waals surface area (Å²) in [5.74, 6) is 1.30. The molecule has 0 saturated heterocycles. The lowest BCUT2D eigenvalue weighted by Gasteiger charge is -2.21. The monoisotopic (exact) mass is 214 g/mol. The summed E-state index contributed by atoms with van der Waals surface area (Å²) >= 11 is 5.38. The molecule has 0 aromatic heterocycles. The molecule has 1 aromatic rings. The van der Waals surface area contributed by atoms with Crippen LogP contribution in [0.3, 0.4) is 0 Å². The van der Waals surface area contributed by atoms with E-state index in [1.807, 2.05) is 0 Å². The van der Waals surface area contributed by atoms with Crippen molar-refractivity contribution in [2.45, 2.75) is 0 Å². The minimum absolute atomic E-state index is 0.0650. The summed E-state index contributed by atoms with van der Waals surface area (Å²) in [4.78, 5) is 11.0. The molecule has 5 heteroatoms. The summed E-state index contributed by atoms with van der Waals surface area (Å²) in [6.07, 6.45) is 0. The van der Waals surface area contributed by atoms with Crippen LogP contribution in [-0.2, 0) is 0 Å². The minimum atomic E-state index is -0.577. The average Bonchev–Trinajstić information content (AvgIpc) is 2.16. The molecule has 74 valence electrons. The first-order valence-corrected chi connectivity index (χ1v) is 4.28. The Morgan fingerprint density at radius 2 is 2.29 bits per heavy atom. The summed E-state index contributed by atoms with van der Waals surface area (Å²) in [6, 6.07) is 3.17. The molecule has 0 amide bonds. The van der Waals surface area contributed by atoms with Crippen LogP contribution in [0, 0.1) is 0 Å². The first-order valence-electron chi connectivity index (χ1n) is 3.90. The molecule has 0 unspecified atom stereocenters. The van der Waals surface area contributed by atoms with Crippen molar-refractivity contribution >= 4 is 16.8 Å². The Bertz CT molecular complexity index is 389. The van der Waals surface area contributed by atoms with Crippen LogP contribution in [0.1, 0.15) is 10.4 Å². The molecule has 2 rings (SSSR count). The molecule has 1 aromatic carbocycles. The molecule has 0 atom stereocenters. The maximum absolute atomic E-state index is 11.0. The first kappa shape index (κ1) is 9.15. The lowest BCUT2D eigenvalue weighted by molar-refractivity contribution is 0.0897. The Morgan fingerprint density at radius 3 is 2.93 bits per heavy atom. The standard InChI is InChI=1S/C9H7ClO4/c1-12-8-6-3-2-5(9(10)11)7(8)14-4-13-6/h2-3H,4H2,1H3. The van der Waals surface area contributed by atoms with Crippen LogP contribution < -0.4 is 14.2 Å². The van der Waals surface area contributed by atoms with Gasteiger partial charge in [0, 0.05) is 0 Å². The van der Waals surface area contributed by atoms with Gasteiger partial charge in [-0.25, -0.2) is 0 Å². The maximum Gasteiger partial charge on any atom is 0.256 e. The number of carbonyl (C=O) groups excluding carboxylic acids is 1. The largest absolute Gasteiger partial charge is 0.490 e. The van der Waals surface area contributed by atoms with Gasteiger partial charge in [-0.3, -0.25) is 4.79 Å². The average molecular weight is 215 g/mol. The second-order valence-electron chi connectivity index (χ2n) is 2.65. The predicted octanol–water partition coefficient (Wildman–Crippen LogP) is 1.80. The highest BCUT2D eigenvalue weighted by Crippen LogP contribution is 2.43. The molecule has 1 aliphatic rings. The van der Waals surface area contributed by atoms with Gasteiger partial charge in [0.15, 0.2) is 11.5 Å². The Labute approximate surface area is 85.3 Å². The Kier molecular flexibility index (Phi) is 2.21. The molecular formula is C9H7ClO4.